The zero-order valence-electron chi connectivity index (χ0n) is 13.2. The molecule has 0 aromatic carbocycles. The van der Waals surface area contributed by atoms with Crippen LogP contribution in [0.4, 0.5) is 0 Å². The highest BCUT2D eigenvalue weighted by molar-refractivity contribution is 7.89. The molecule has 0 aliphatic heterocycles. The van der Waals surface area contributed by atoms with Gasteiger partial charge >= 0.3 is 5.97 Å². The molecule has 0 atom stereocenters. The van der Waals surface area contributed by atoms with E-state index in [1.54, 1.807) is 49.9 Å². The molecule has 0 unspecified atom stereocenters. The molecule has 2 heterocycles. The van der Waals surface area contributed by atoms with Gasteiger partial charge in [0.15, 0.2) is 9.84 Å². The van der Waals surface area contributed by atoms with Gasteiger partial charge in [-0.05, 0) is 32.9 Å². The maximum absolute atomic E-state index is 11.9. The van der Waals surface area contributed by atoms with E-state index in [2.05, 4.69) is 4.98 Å². The largest absolute Gasteiger partial charge is 0.460 e. The second-order valence-corrected chi connectivity index (χ2v) is 8.45. The number of nitrogens with zero attached hydrogens (tertiary/aromatic N) is 2. The van der Waals surface area contributed by atoms with E-state index in [1.807, 2.05) is 0 Å². The molecule has 0 saturated carbocycles. The molecular formula is C15H20N2O4S. The second kappa shape index (κ2) is 5.72. The summed E-state index contributed by atoms with van der Waals surface area (Å²) in [5.41, 5.74) is 0.742. The van der Waals surface area contributed by atoms with Gasteiger partial charge in [0, 0.05) is 24.0 Å². The van der Waals surface area contributed by atoms with Gasteiger partial charge in [0.25, 0.3) is 0 Å². The Morgan fingerprint density at radius 1 is 1.36 bits per heavy atom. The Balaban J connectivity index is 2.26. The van der Waals surface area contributed by atoms with Crippen molar-refractivity contribution in [1.82, 2.24) is 9.55 Å². The van der Waals surface area contributed by atoms with Crippen LogP contribution < -0.4 is 0 Å². The maximum atomic E-state index is 11.9. The van der Waals surface area contributed by atoms with Crippen molar-refractivity contribution in [2.24, 2.45) is 0 Å². The molecule has 22 heavy (non-hydrogen) atoms. The zero-order valence-corrected chi connectivity index (χ0v) is 14.0. The predicted octanol–water partition coefficient (Wildman–Crippen LogP) is 1.92. The molecule has 0 aliphatic rings. The maximum Gasteiger partial charge on any atom is 0.312 e. The van der Waals surface area contributed by atoms with Crippen LogP contribution in [0.1, 0.15) is 26.5 Å². The third-order valence-corrected chi connectivity index (χ3v) is 3.58. The Bertz CT molecular complexity index is 801. The number of pyridine rings is 1. The van der Waals surface area contributed by atoms with E-state index in [4.69, 9.17) is 4.74 Å². The van der Waals surface area contributed by atoms with Crippen molar-refractivity contribution in [3.05, 3.63) is 30.2 Å². The van der Waals surface area contributed by atoms with Crippen LogP contribution in [0.5, 0.6) is 0 Å². The third-order valence-electron chi connectivity index (χ3n) is 2.83. The first-order valence-electron chi connectivity index (χ1n) is 6.87. The summed E-state index contributed by atoms with van der Waals surface area (Å²) in [6.45, 7) is 5.41. The summed E-state index contributed by atoms with van der Waals surface area (Å²) in [5, 5.41) is 0.830. The van der Waals surface area contributed by atoms with Crippen molar-refractivity contribution in [2.75, 3.05) is 6.26 Å². The highest BCUT2D eigenvalue weighted by Gasteiger charge is 2.17. The van der Waals surface area contributed by atoms with Crippen molar-refractivity contribution >= 4 is 26.7 Å². The monoisotopic (exact) mass is 324 g/mol. The lowest BCUT2D eigenvalue weighted by molar-refractivity contribution is -0.153. The van der Waals surface area contributed by atoms with Crippen molar-refractivity contribution < 1.29 is 17.9 Å². The highest BCUT2D eigenvalue weighted by atomic mass is 32.2. The summed E-state index contributed by atoms with van der Waals surface area (Å²) in [6, 6.07) is 3.52. The van der Waals surface area contributed by atoms with Gasteiger partial charge in [-0.2, -0.15) is 0 Å². The molecule has 0 bridgehead atoms. The quantitative estimate of drug-likeness (QED) is 0.803. The summed E-state index contributed by atoms with van der Waals surface area (Å²) in [7, 11) is -3.15. The Morgan fingerprint density at radius 2 is 2.05 bits per heavy atom. The lowest BCUT2D eigenvalue weighted by Gasteiger charge is -2.19. The first kappa shape index (κ1) is 16.5. The predicted molar refractivity (Wildman–Crippen MR) is 84.1 cm³/mol. The van der Waals surface area contributed by atoms with Crippen LogP contribution in [0.2, 0.25) is 0 Å². The summed E-state index contributed by atoms with van der Waals surface area (Å²) >= 11 is 0. The zero-order chi connectivity index (χ0) is 16.5. The molecule has 2 aromatic rings. The number of esters is 1. The van der Waals surface area contributed by atoms with E-state index in [9.17, 15) is 13.2 Å². The van der Waals surface area contributed by atoms with Crippen LogP contribution in [0.3, 0.4) is 0 Å². The number of aromatic nitrogens is 2. The molecule has 0 amide bonds. The molecule has 0 aliphatic carbocycles. The fourth-order valence-corrected chi connectivity index (χ4v) is 2.84. The van der Waals surface area contributed by atoms with Crippen molar-refractivity contribution in [3.63, 3.8) is 0 Å². The van der Waals surface area contributed by atoms with E-state index in [-0.39, 0.29) is 18.3 Å². The normalized spacial score (nSPS) is 12.5. The van der Waals surface area contributed by atoms with Crippen LogP contribution >= 0.6 is 0 Å². The second-order valence-electron chi connectivity index (χ2n) is 6.34. The minimum absolute atomic E-state index is 0.0528. The highest BCUT2D eigenvalue weighted by Crippen LogP contribution is 2.18. The molecular weight excluding hydrogens is 304 g/mol. The minimum Gasteiger partial charge on any atom is -0.460 e. The average Bonchev–Trinajstić information content (AvgIpc) is 2.67. The Labute approximate surface area is 130 Å². The van der Waals surface area contributed by atoms with Gasteiger partial charge in [0.1, 0.15) is 11.5 Å². The minimum atomic E-state index is -3.15. The molecule has 2 rings (SSSR count). The number of rotatable bonds is 4. The van der Waals surface area contributed by atoms with Gasteiger partial charge < -0.3 is 9.30 Å². The van der Waals surface area contributed by atoms with Crippen LogP contribution in [-0.2, 0) is 31.7 Å². The lowest BCUT2D eigenvalue weighted by Crippen LogP contribution is -2.25. The molecule has 7 heteroatoms. The van der Waals surface area contributed by atoms with E-state index >= 15 is 0 Å². The fourth-order valence-electron chi connectivity index (χ4n) is 2.11. The first-order chi connectivity index (χ1) is 10.0. The molecule has 120 valence electrons. The third kappa shape index (κ3) is 4.56. The van der Waals surface area contributed by atoms with E-state index in [1.165, 1.54) is 6.26 Å². The lowest BCUT2D eigenvalue weighted by atomic mass is 10.2. The average molecular weight is 324 g/mol. The van der Waals surface area contributed by atoms with Gasteiger partial charge in [0.2, 0.25) is 0 Å². The number of carbonyl (C=O) groups is 1. The van der Waals surface area contributed by atoms with Crippen molar-refractivity contribution in [1.29, 1.82) is 0 Å². The fraction of sp³-hybridized carbons (Fsp3) is 0.467. The summed E-state index contributed by atoms with van der Waals surface area (Å²) in [6.07, 6.45) is 4.57. The summed E-state index contributed by atoms with van der Waals surface area (Å²) in [4.78, 5) is 16.1. The SMILES string of the molecule is CC(C)(C)OC(=O)Cc1cc2c(ccn2CS(C)(=O)=O)cn1. The summed E-state index contributed by atoms with van der Waals surface area (Å²) in [5.74, 6) is -0.465. The molecule has 0 N–H and O–H groups in total. The first-order valence-corrected chi connectivity index (χ1v) is 8.93. The molecule has 6 nitrogen and oxygen atoms in total. The van der Waals surface area contributed by atoms with Crippen LogP contribution in [-0.4, -0.2) is 35.8 Å². The Hall–Kier alpha value is -1.89. The molecule has 0 spiro atoms. The molecule has 0 saturated heterocycles. The van der Waals surface area contributed by atoms with Gasteiger partial charge in [-0.1, -0.05) is 0 Å². The van der Waals surface area contributed by atoms with Crippen LogP contribution in [0.25, 0.3) is 10.9 Å². The van der Waals surface area contributed by atoms with Crippen LogP contribution in [0, 0.1) is 0 Å². The van der Waals surface area contributed by atoms with Gasteiger partial charge in [-0.15, -0.1) is 0 Å². The molecule has 0 radical (unpaired) electrons. The van der Waals surface area contributed by atoms with E-state index in [0.717, 1.165) is 10.9 Å². The molecule has 2 aromatic heterocycles. The number of ether oxygens (including phenoxy) is 1. The van der Waals surface area contributed by atoms with Gasteiger partial charge in [0.05, 0.1) is 17.6 Å². The van der Waals surface area contributed by atoms with Gasteiger partial charge in [-0.3, -0.25) is 9.78 Å². The van der Waals surface area contributed by atoms with Crippen LogP contribution in [0.15, 0.2) is 24.5 Å². The number of hydrogen-bond donors (Lipinski definition) is 0. The van der Waals surface area contributed by atoms with Gasteiger partial charge in [-0.25, -0.2) is 8.42 Å². The smallest absolute Gasteiger partial charge is 0.312 e. The van der Waals surface area contributed by atoms with Crippen molar-refractivity contribution in [3.8, 4) is 0 Å². The Kier molecular flexibility index (Phi) is 4.28. The van der Waals surface area contributed by atoms with E-state index in [0.29, 0.717) is 5.69 Å². The number of carbonyl (C=O) groups excluding carboxylic acids is 1. The van der Waals surface area contributed by atoms with E-state index < -0.39 is 15.4 Å². The number of sulfone groups is 1. The van der Waals surface area contributed by atoms with Crippen molar-refractivity contribution in [2.45, 2.75) is 38.7 Å². The molecule has 0 fully saturated rings. The summed E-state index contributed by atoms with van der Waals surface area (Å²) < 4.78 is 29.8. The number of fused-ring (bicyclic) bond motifs is 1. The Morgan fingerprint density at radius 3 is 2.64 bits per heavy atom. The standard InChI is InChI=1S/C15H20N2O4S/c1-15(2,3)21-14(18)8-12-7-13-11(9-16-12)5-6-17(13)10-22(4,19)20/h5-7,9H,8,10H2,1-4H3. The number of hydrogen-bond acceptors (Lipinski definition) is 5. The topological polar surface area (TPSA) is 78.3 Å².